The number of hydrogen-bond donors (Lipinski definition) is 0. The summed E-state index contributed by atoms with van der Waals surface area (Å²) < 4.78 is 0.899. The summed E-state index contributed by atoms with van der Waals surface area (Å²) in [5, 5.41) is 11.4. The minimum Gasteiger partial charge on any atom is -0.872 e. The fraction of sp³-hybridized carbons (Fsp3) is 0.364. The second-order valence-electron chi connectivity index (χ2n) is 3.61. The Morgan fingerprint density at radius 2 is 2.00 bits per heavy atom. The fourth-order valence-corrected chi connectivity index (χ4v) is 1.42. The Bertz CT molecular complexity index is 433. The SMILES string of the molecule is CN(C)CCN=Cc1cc(Br)ccc1[O-].[Cu+2].[N-]=[N+]=[N-]. The van der Waals surface area contributed by atoms with Gasteiger partial charge in [0.05, 0.1) is 6.54 Å². The molecule has 19 heavy (non-hydrogen) atoms. The first-order valence-electron chi connectivity index (χ1n) is 5.10. The third-order valence-electron chi connectivity index (χ3n) is 1.88. The molecule has 107 valence electrons. The first-order valence-corrected chi connectivity index (χ1v) is 5.90. The second kappa shape index (κ2) is 12.0. The largest absolute Gasteiger partial charge is 2.00 e. The van der Waals surface area contributed by atoms with Gasteiger partial charge < -0.3 is 21.1 Å². The van der Waals surface area contributed by atoms with E-state index in [-0.39, 0.29) is 22.8 Å². The molecule has 6 nitrogen and oxygen atoms in total. The maximum absolute atomic E-state index is 11.4. The van der Waals surface area contributed by atoms with Gasteiger partial charge >= 0.3 is 17.1 Å². The van der Waals surface area contributed by atoms with Crippen LogP contribution in [0, 0.1) is 0 Å². The Morgan fingerprint density at radius 1 is 1.42 bits per heavy atom. The van der Waals surface area contributed by atoms with Gasteiger partial charge in [0, 0.05) is 17.2 Å². The zero-order chi connectivity index (χ0) is 14.0. The predicted octanol–water partition coefficient (Wildman–Crippen LogP) is 2.37. The third kappa shape index (κ3) is 10.6. The molecule has 0 saturated heterocycles. The quantitative estimate of drug-likeness (QED) is 0.265. The Balaban J connectivity index is 0. The Hall–Kier alpha value is -1.04. The van der Waals surface area contributed by atoms with Crippen molar-refractivity contribution < 1.29 is 22.2 Å². The summed E-state index contributed by atoms with van der Waals surface area (Å²) in [4.78, 5) is 7.75. The normalized spacial score (nSPS) is 9.47. The second-order valence-corrected chi connectivity index (χ2v) is 4.53. The van der Waals surface area contributed by atoms with Crippen molar-refractivity contribution in [2.24, 2.45) is 4.99 Å². The van der Waals surface area contributed by atoms with Crippen molar-refractivity contribution in [2.75, 3.05) is 27.2 Å². The van der Waals surface area contributed by atoms with Crippen LogP contribution >= 0.6 is 15.9 Å². The molecule has 0 amide bonds. The van der Waals surface area contributed by atoms with E-state index < -0.39 is 0 Å². The van der Waals surface area contributed by atoms with Crippen LogP contribution in [0.2, 0.25) is 0 Å². The molecule has 1 aromatic carbocycles. The van der Waals surface area contributed by atoms with Crippen LogP contribution in [0.4, 0.5) is 0 Å². The number of halogens is 1. The van der Waals surface area contributed by atoms with Crippen molar-refractivity contribution >= 4 is 22.1 Å². The molecule has 0 aromatic heterocycles. The van der Waals surface area contributed by atoms with Gasteiger partial charge in [0.15, 0.2) is 0 Å². The van der Waals surface area contributed by atoms with E-state index in [1.165, 1.54) is 11.0 Å². The van der Waals surface area contributed by atoms with Crippen molar-refractivity contribution in [2.45, 2.75) is 0 Å². The molecule has 0 aliphatic rings. The van der Waals surface area contributed by atoms with Gasteiger partial charge in [-0.05, 0) is 31.8 Å². The molecule has 1 aromatic rings. The molecule has 0 fully saturated rings. The van der Waals surface area contributed by atoms with Gasteiger partial charge in [-0.3, -0.25) is 9.90 Å². The first-order chi connectivity index (χ1) is 8.51. The number of aliphatic imine (C=N–C) groups is 1. The molecular weight excluding hydrogens is 362 g/mol. The van der Waals surface area contributed by atoms with E-state index in [1.54, 1.807) is 18.3 Å². The summed E-state index contributed by atoms with van der Waals surface area (Å²) in [5.41, 5.74) is 14.1. The maximum Gasteiger partial charge on any atom is 2.00 e. The van der Waals surface area contributed by atoms with Gasteiger partial charge in [0.2, 0.25) is 0 Å². The number of hydrogen-bond acceptors (Lipinski definition) is 3. The monoisotopic (exact) mass is 374 g/mol. The van der Waals surface area contributed by atoms with Crippen LogP contribution in [0.5, 0.6) is 5.75 Å². The first kappa shape index (κ1) is 20.3. The van der Waals surface area contributed by atoms with Crippen molar-refractivity contribution in [3.63, 3.8) is 0 Å². The summed E-state index contributed by atoms with van der Waals surface area (Å²) in [6.07, 6.45) is 1.64. The molecule has 8 heteroatoms. The van der Waals surface area contributed by atoms with Crippen LogP contribution in [0.1, 0.15) is 5.56 Å². The van der Waals surface area contributed by atoms with E-state index in [9.17, 15) is 5.11 Å². The van der Waals surface area contributed by atoms with Crippen molar-refractivity contribution in [1.82, 2.24) is 4.90 Å². The van der Waals surface area contributed by atoms with E-state index in [4.69, 9.17) is 11.1 Å². The summed E-state index contributed by atoms with van der Waals surface area (Å²) in [6, 6.07) is 5.05. The van der Waals surface area contributed by atoms with E-state index in [0.29, 0.717) is 12.1 Å². The maximum atomic E-state index is 11.4. The van der Waals surface area contributed by atoms with Gasteiger partial charge in [0.25, 0.3) is 0 Å². The molecule has 0 saturated carbocycles. The number of rotatable bonds is 4. The van der Waals surface area contributed by atoms with E-state index in [1.807, 2.05) is 14.1 Å². The summed E-state index contributed by atoms with van der Waals surface area (Å²) >= 11 is 3.32. The molecule has 0 heterocycles. The molecule has 0 N–H and O–H groups in total. The minimum atomic E-state index is 0. The molecule has 0 atom stereocenters. The molecule has 0 aliphatic heterocycles. The van der Waals surface area contributed by atoms with Crippen molar-refractivity contribution in [3.8, 4) is 5.75 Å². The number of nitrogens with zero attached hydrogens (tertiary/aromatic N) is 5. The van der Waals surface area contributed by atoms with E-state index >= 15 is 0 Å². The van der Waals surface area contributed by atoms with Crippen molar-refractivity contribution in [1.29, 1.82) is 0 Å². The number of likely N-dealkylation sites (N-methyl/N-ethyl adjacent to an activating group) is 1. The molecule has 1 radical (unpaired) electrons. The summed E-state index contributed by atoms with van der Waals surface area (Å²) in [7, 11) is 3.99. The molecule has 1 rings (SSSR count). The molecule has 0 bridgehead atoms. The zero-order valence-electron chi connectivity index (χ0n) is 10.5. The number of benzene rings is 1. The predicted molar refractivity (Wildman–Crippen MR) is 74.7 cm³/mol. The van der Waals surface area contributed by atoms with E-state index in [0.717, 1.165) is 11.0 Å². The fourth-order valence-electron chi connectivity index (χ4n) is 1.04. The minimum absolute atomic E-state index is 0. The van der Waals surface area contributed by atoms with Gasteiger partial charge in [-0.2, -0.15) is 0 Å². The van der Waals surface area contributed by atoms with Crippen LogP contribution in [-0.2, 0) is 17.1 Å². The van der Waals surface area contributed by atoms with Gasteiger partial charge in [-0.1, -0.05) is 27.7 Å². The molecule has 0 spiro atoms. The molecular formula is C11H14BrCuN5O. The van der Waals surface area contributed by atoms with Crippen LogP contribution in [0.15, 0.2) is 27.7 Å². The van der Waals surface area contributed by atoms with Crippen LogP contribution in [0.3, 0.4) is 0 Å². The average Bonchev–Trinajstić information content (AvgIpc) is 2.29. The third-order valence-corrected chi connectivity index (χ3v) is 2.37. The van der Waals surface area contributed by atoms with Crippen molar-refractivity contribution in [3.05, 3.63) is 44.2 Å². The molecule has 0 unspecified atom stereocenters. The Kier molecular flexibility index (Phi) is 12.8. The van der Waals surface area contributed by atoms with Gasteiger partial charge in [-0.25, -0.2) is 0 Å². The van der Waals surface area contributed by atoms with Crippen LogP contribution < -0.4 is 5.11 Å². The summed E-state index contributed by atoms with van der Waals surface area (Å²) in [5.74, 6) is 0.00630. The Labute approximate surface area is 131 Å². The van der Waals surface area contributed by atoms with Gasteiger partial charge in [0.1, 0.15) is 0 Å². The smallest absolute Gasteiger partial charge is 0.872 e. The standard InChI is InChI=1S/C11H15BrN2O.Cu.N3/c1-14(2)6-5-13-8-9-7-10(12)3-4-11(9)15;;1-3-2/h3-4,7-8,15H,5-6H2,1-2H3;;/q;+2;-1/p-1. The average molecular weight is 376 g/mol. The molecule has 0 aliphatic carbocycles. The Morgan fingerprint density at radius 3 is 2.53 bits per heavy atom. The van der Waals surface area contributed by atoms with Crippen LogP contribution in [-0.4, -0.2) is 38.3 Å². The van der Waals surface area contributed by atoms with Crippen LogP contribution in [0.25, 0.3) is 16.0 Å². The topological polar surface area (TPSA) is 97.4 Å². The van der Waals surface area contributed by atoms with Gasteiger partial charge in [-0.15, -0.1) is 0 Å². The van der Waals surface area contributed by atoms with E-state index in [2.05, 4.69) is 25.8 Å². The summed E-state index contributed by atoms with van der Waals surface area (Å²) in [6.45, 7) is 1.59. The zero-order valence-corrected chi connectivity index (χ0v) is 13.1.